The Balaban J connectivity index is 3.30. The van der Waals surface area contributed by atoms with Gasteiger partial charge in [0.05, 0.1) is 0 Å². The first kappa shape index (κ1) is 13.5. The minimum Gasteiger partial charge on any atom is -0.281 e. The minimum atomic E-state index is -4.41. The average molecular weight is 244 g/mol. The zero-order valence-electron chi connectivity index (χ0n) is 9.99. The first-order valence-electron chi connectivity index (χ1n) is 5.18. The number of hydrogen-bond acceptors (Lipinski definition) is 2. The standard InChI is InChI=1S/C12H15F3N2/c1-4-16-17(3)11(2,12(13,14)15)10-8-6-5-7-9-10/h4-9H,1-3H3/b16-4-. The molecule has 1 atom stereocenters. The van der Waals surface area contributed by atoms with E-state index in [2.05, 4.69) is 5.10 Å². The Bertz CT molecular complexity index is 386. The van der Waals surface area contributed by atoms with Crippen LogP contribution in [-0.4, -0.2) is 24.4 Å². The molecular weight excluding hydrogens is 229 g/mol. The monoisotopic (exact) mass is 244 g/mol. The van der Waals surface area contributed by atoms with Crippen LogP contribution in [0.2, 0.25) is 0 Å². The Morgan fingerprint density at radius 1 is 1.18 bits per heavy atom. The van der Waals surface area contributed by atoms with E-state index in [9.17, 15) is 13.2 Å². The Labute approximate surface area is 98.7 Å². The Hall–Kier alpha value is -1.52. The summed E-state index contributed by atoms with van der Waals surface area (Å²) in [7, 11) is 1.32. The fourth-order valence-electron chi connectivity index (χ4n) is 1.59. The molecule has 1 aromatic carbocycles. The van der Waals surface area contributed by atoms with E-state index >= 15 is 0 Å². The normalized spacial score (nSPS) is 15.9. The van der Waals surface area contributed by atoms with E-state index in [1.54, 1.807) is 25.1 Å². The summed E-state index contributed by atoms with van der Waals surface area (Å²) in [5, 5.41) is 4.66. The molecule has 94 valence electrons. The van der Waals surface area contributed by atoms with Gasteiger partial charge >= 0.3 is 6.18 Å². The smallest absolute Gasteiger partial charge is 0.281 e. The molecule has 0 amide bonds. The van der Waals surface area contributed by atoms with Crippen molar-refractivity contribution in [2.45, 2.75) is 25.6 Å². The maximum absolute atomic E-state index is 13.2. The quantitative estimate of drug-likeness (QED) is 0.587. The van der Waals surface area contributed by atoms with E-state index < -0.39 is 11.7 Å². The van der Waals surface area contributed by atoms with Crippen LogP contribution in [-0.2, 0) is 5.54 Å². The lowest BCUT2D eigenvalue weighted by Crippen LogP contribution is -2.50. The van der Waals surface area contributed by atoms with Gasteiger partial charge < -0.3 is 0 Å². The highest BCUT2D eigenvalue weighted by Crippen LogP contribution is 2.42. The molecule has 1 aromatic rings. The molecule has 0 aliphatic heterocycles. The van der Waals surface area contributed by atoms with E-state index in [0.717, 1.165) is 11.9 Å². The summed E-state index contributed by atoms with van der Waals surface area (Å²) in [6, 6.07) is 7.76. The van der Waals surface area contributed by atoms with Crippen molar-refractivity contribution in [1.82, 2.24) is 5.01 Å². The van der Waals surface area contributed by atoms with Crippen LogP contribution in [0.3, 0.4) is 0 Å². The molecule has 0 fully saturated rings. The number of hydrazone groups is 1. The Kier molecular flexibility index (Phi) is 3.80. The molecular formula is C12H15F3N2. The van der Waals surface area contributed by atoms with Gasteiger partial charge in [0, 0.05) is 13.3 Å². The first-order valence-corrected chi connectivity index (χ1v) is 5.18. The third-order valence-corrected chi connectivity index (χ3v) is 2.82. The number of nitrogens with zero attached hydrogens (tertiary/aromatic N) is 2. The molecule has 0 heterocycles. The largest absolute Gasteiger partial charge is 0.417 e. The molecule has 1 rings (SSSR count). The molecule has 0 saturated heterocycles. The molecule has 5 heteroatoms. The predicted molar refractivity (Wildman–Crippen MR) is 61.8 cm³/mol. The van der Waals surface area contributed by atoms with Crippen LogP contribution in [0, 0.1) is 0 Å². The first-order chi connectivity index (χ1) is 7.84. The summed E-state index contributed by atoms with van der Waals surface area (Å²) < 4.78 is 39.7. The number of rotatable bonds is 3. The Morgan fingerprint density at radius 3 is 2.12 bits per heavy atom. The van der Waals surface area contributed by atoms with Gasteiger partial charge in [0.25, 0.3) is 0 Å². The fraction of sp³-hybridized carbons (Fsp3) is 0.417. The minimum absolute atomic E-state index is 0.167. The summed E-state index contributed by atoms with van der Waals surface area (Å²) in [5.41, 5.74) is -1.96. The van der Waals surface area contributed by atoms with Crippen LogP contribution in [0.15, 0.2) is 35.4 Å². The summed E-state index contributed by atoms with van der Waals surface area (Å²) in [6.45, 7) is 2.70. The molecule has 2 nitrogen and oxygen atoms in total. The van der Waals surface area contributed by atoms with Gasteiger partial charge in [-0.25, -0.2) is 0 Å². The lowest BCUT2D eigenvalue weighted by atomic mass is 9.91. The van der Waals surface area contributed by atoms with Gasteiger partial charge in [0.1, 0.15) is 0 Å². The number of alkyl halides is 3. The Morgan fingerprint density at radius 2 is 1.71 bits per heavy atom. The van der Waals surface area contributed by atoms with Crippen molar-refractivity contribution >= 4 is 6.21 Å². The van der Waals surface area contributed by atoms with Gasteiger partial charge in [-0.05, 0) is 19.4 Å². The highest BCUT2D eigenvalue weighted by Gasteiger charge is 2.55. The van der Waals surface area contributed by atoms with Crippen molar-refractivity contribution in [2.24, 2.45) is 5.10 Å². The topological polar surface area (TPSA) is 15.6 Å². The van der Waals surface area contributed by atoms with Crippen LogP contribution in [0.5, 0.6) is 0 Å². The molecule has 0 aromatic heterocycles. The van der Waals surface area contributed by atoms with Crippen molar-refractivity contribution < 1.29 is 13.2 Å². The molecule has 0 saturated carbocycles. The van der Waals surface area contributed by atoms with Gasteiger partial charge in [0.15, 0.2) is 5.54 Å². The highest BCUT2D eigenvalue weighted by atomic mass is 19.4. The van der Waals surface area contributed by atoms with E-state index in [0.29, 0.717) is 0 Å². The zero-order chi connectivity index (χ0) is 13.1. The summed E-state index contributed by atoms with van der Waals surface area (Å²) >= 11 is 0. The molecule has 1 unspecified atom stereocenters. The van der Waals surface area contributed by atoms with Gasteiger partial charge in [-0.2, -0.15) is 18.3 Å². The third kappa shape index (κ3) is 2.43. The van der Waals surface area contributed by atoms with Gasteiger partial charge in [-0.1, -0.05) is 30.3 Å². The molecule has 0 bridgehead atoms. The van der Waals surface area contributed by atoms with E-state index in [1.807, 2.05) is 0 Å². The second kappa shape index (κ2) is 4.77. The van der Waals surface area contributed by atoms with Crippen LogP contribution in [0.1, 0.15) is 19.4 Å². The van der Waals surface area contributed by atoms with Gasteiger partial charge in [-0.15, -0.1) is 0 Å². The highest BCUT2D eigenvalue weighted by molar-refractivity contribution is 5.52. The number of hydrogen-bond donors (Lipinski definition) is 0. The maximum Gasteiger partial charge on any atom is 0.417 e. The molecule has 0 aliphatic rings. The number of benzene rings is 1. The number of halogens is 3. The van der Waals surface area contributed by atoms with Crippen LogP contribution < -0.4 is 0 Å². The van der Waals surface area contributed by atoms with Crippen molar-refractivity contribution in [3.63, 3.8) is 0 Å². The summed E-state index contributed by atoms with van der Waals surface area (Å²) in [6.07, 6.45) is -3.07. The van der Waals surface area contributed by atoms with Gasteiger partial charge in [0.2, 0.25) is 0 Å². The molecule has 0 spiro atoms. The molecule has 0 aliphatic carbocycles. The average Bonchev–Trinajstić information content (AvgIpc) is 2.28. The lowest BCUT2D eigenvalue weighted by Gasteiger charge is -2.38. The van der Waals surface area contributed by atoms with Crippen LogP contribution in [0.25, 0.3) is 0 Å². The second-order valence-corrected chi connectivity index (χ2v) is 3.83. The summed E-state index contributed by atoms with van der Waals surface area (Å²) in [5.74, 6) is 0. The SMILES string of the molecule is C/C=N\N(C)C(C)(c1ccccc1)C(F)(F)F. The lowest BCUT2D eigenvalue weighted by molar-refractivity contribution is -0.228. The van der Waals surface area contributed by atoms with E-state index in [-0.39, 0.29) is 5.56 Å². The zero-order valence-corrected chi connectivity index (χ0v) is 9.99. The van der Waals surface area contributed by atoms with Crippen molar-refractivity contribution in [2.75, 3.05) is 7.05 Å². The van der Waals surface area contributed by atoms with Crippen LogP contribution in [0.4, 0.5) is 13.2 Å². The maximum atomic E-state index is 13.2. The van der Waals surface area contributed by atoms with Crippen molar-refractivity contribution in [3.05, 3.63) is 35.9 Å². The molecule has 17 heavy (non-hydrogen) atoms. The van der Waals surface area contributed by atoms with Crippen molar-refractivity contribution in [1.29, 1.82) is 0 Å². The molecule has 0 radical (unpaired) electrons. The van der Waals surface area contributed by atoms with E-state index in [4.69, 9.17) is 0 Å². The van der Waals surface area contributed by atoms with E-state index in [1.165, 1.54) is 25.4 Å². The second-order valence-electron chi connectivity index (χ2n) is 3.83. The van der Waals surface area contributed by atoms with Gasteiger partial charge in [-0.3, -0.25) is 5.01 Å². The third-order valence-electron chi connectivity index (χ3n) is 2.82. The predicted octanol–water partition coefficient (Wildman–Crippen LogP) is 3.40. The van der Waals surface area contributed by atoms with Crippen molar-refractivity contribution in [3.8, 4) is 0 Å². The molecule has 0 N–H and O–H groups in total. The van der Waals surface area contributed by atoms with Crippen LogP contribution >= 0.6 is 0 Å². The fourth-order valence-corrected chi connectivity index (χ4v) is 1.59. The summed E-state index contributed by atoms with van der Waals surface area (Å²) in [4.78, 5) is 0.